The maximum atomic E-state index is 10.3. The second-order valence-electron chi connectivity index (χ2n) is 5.93. The summed E-state index contributed by atoms with van der Waals surface area (Å²) in [5.41, 5.74) is 0. The standard InChI is InChI=1S/C12H20O6/c1-11(2)14-5-6(16-11)8-7(13)9-10(15-8)18-12(3,4)17-9/h6-10,13H,5H2,1-4H3/t6-,7-,8+,9+,10-/m0/s1. The predicted octanol–water partition coefficient (Wildman–Crippen LogP) is 0.375. The molecule has 3 heterocycles. The summed E-state index contributed by atoms with van der Waals surface area (Å²) in [6.45, 7) is 7.68. The van der Waals surface area contributed by atoms with Crippen molar-refractivity contribution in [2.24, 2.45) is 0 Å². The van der Waals surface area contributed by atoms with Crippen LogP contribution in [0.3, 0.4) is 0 Å². The van der Waals surface area contributed by atoms with E-state index < -0.39 is 36.2 Å². The second-order valence-corrected chi connectivity index (χ2v) is 5.93. The third-order valence-electron chi connectivity index (χ3n) is 3.45. The summed E-state index contributed by atoms with van der Waals surface area (Å²) in [5.74, 6) is -1.35. The van der Waals surface area contributed by atoms with Gasteiger partial charge in [-0.1, -0.05) is 0 Å². The Morgan fingerprint density at radius 1 is 0.944 bits per heavy atom. The molecule has 0 saturated carbocycles. The summed E-state index contributed by atoms with van der Waals surface area (Å²) >= 11 is 0. The maximum absolute atomic E-state index is 10.3. The summed E-state index contributed by atoms with van der Waals surface area (Å²) in [4.78, 5) is 0. The molecule has 0 aromatic heterocycles. The third kappa shape index (κ3) is 2.07. The molecule has 3 aliphatic heterocycles. The van der Waals surface area contributed by atoms with Crippen molar-refractivity contribution in [2.75, 3.05) is 6.61 Å². The molecule has 0 spiro atoms. The monoisotopic (exact) mass is 260 g/mol. The van der Waals surface area contributed by atoms with Crippen molar-refractivity contribution in [1.82, 2.24) is 0 Å². The molecule has 6 nitrogen and oxygen atoms in total. The molecule has 0 unspecified atom stereocenters. The van der Waals surface area contributed by atoms with Crippen LogP contribution in [0.5, 0.6) is 0 Å². The van der Waals surface area contributed by atoms with Gasteiger partial charge in [0.2, 0.25) is 0 Å². The number of aliphatic hydroxyl groups is 1. The Kier molecular flexibility index (Phi) is 2.75. The van der Waals surface area contributed by atoms with Crippen molar-refractivity contribution in [1.29, 1.82) is 0 Å². The van der Waals surface area contributed by atoms with Crippen LogP contribution >= 0.6 is 0 Å². The molecule has 0 aromatic carbocycles. The Morgan fingerprint density at radius 3 is 2.22 bits per heavy atom. The zero-order valence-electron chi connectivity index (χ0n) is 11.1. The molecule has 104 valence electrons. The quantitative estimate of drug-likeness (QED) is 0.735. The van der Waals surface area contributed by atoms with Gasteiger partial charge in [-0.25, -0.2) is 0 Å². The van der Waals surface area contributed by atoms with Crippen LogP contribution in [-0.4, -0.2) is 54.0 Å². The highest BCUT2D eigenvalue weighted by atomic mass is 16.8. The highest BCUT2D eigenvalue weighted by Gasteiger charge is 2.57. The number of ether oxygens (including phenoxy) is 5. The van der Waals surface area contributed by atoms with Crippen molar-refractivity contribution < 1.29 is 28.8 Å². The Labute approximate surface area is 106 Å². The molecular formula is C12H20O6. The van der Waals surface area contributed by atoms with Crippen molar-refractivity contribution >= 4 is 0 Å². The minimum absolute atomic E-state index is 0.295. The molecule has 3 aliphatic rings. The predicted molar refractivity (Wildman–Crippen MR) is 59.6 cm³/mol. The fourth-order valence-corrected chi connectivity index (χ4v) is 2.70. The van der Waals surface area contributed by atoms with Crippen LogP contribution in [0.25, 0.3) is 0 Å². The summed E-state index contributed by atoms with van der Waals surface area (Å²) < 4.78 is 28.1. The normalized spacial score (nSPS) is 49.5. The molecule has 3 rings (SSSR count). The zero-order valence-corrected chi connectivity index (χ0v) is 11.1. The van der Waals surface area contributed by atoms with Gasteiger partial charge in [-0.15, -0.1) is 0 Å². The van der Waals surface area contributed by atoms with Crippen LogP contribution in [0.4, 0.5) is 0 Å². The van der Waals surface area contributed by atoms with Gasteiger partial charge < -0.3 is 28.8 Å². The van der Waals surface area contributed by atoms with Crippen LogP contribution < -0.4 is 0 Å². The van der Waals surface area contributed by atoms with E-state index in [1.54, 1.807) is 13.8 Å². The lowest BCUT2D eigenvalue weighted by Crippen LogP contribution is -2.42. The lowest BCUT2D eigenvalue weighted by atomic mass is 10.1. The lowest BCUT2D eigenvalue weighted by Gasteiger charge is -2.26. The Morgan fingerprint density at radius 2 is 1.67 bits per heavy atom. The molecule has 0 bridgehead atoms. The number of rotatable bonds is 1. The van der Waals surface area contributed by atoms with E-state index in [-0.39, 0.29) is 6.10 Å². The molecule has 0 aliphatic carbocycles. The first-order chi connectivity index (χ1) is 8.27. The average molecular weight is 260 g/mol. The molecule has 3 saturated heterocycles. The Hall–Kier alpha value is -0.240. The van der Waals surface area contributed by atoms with E-state index in [1.165, 1.54) is 0 Å². The number of hydrogen-bond donors (Lipinski definition) is 1. The minimum atomic E-state index is -0.765. The van der Waals surface area contributed by atoms with Gasteiger partial charge in [0.15, 0.2) is 17.9 Å². The van der Waals surface area contributed by atoms with Gasteiger partial charge >= 0.3 is 0 Å². The second kappa shape index (κ2) is 3.88. The van der Waals surface area contributed by atoms with Crippen LogP contribution in [0.15, 0.2) is 0 Å². The van der Waals surface area contributed by atoms with E-state index in [0.29, 0.717) is 6.61 Å². The van der Waals surface area contributed by atoms with Crippen LogP contribution in [0.1, 0.15) is 27.7 Å². The van der Waals surface area contributed by atoms with E-state index in [2.05, 4.69) is 0 Å². The topological polar surface area (TPSA) is 66.4 Å². The molecule has 18 heavy (non-hydrogen) atoms. The lowest BCUT2D eigenvalue weighted by molar-refractivity contribution is -0.232. The fourth-order valence-electron chi connectivity index (χ4n) is 2.70. The van der Waals surface area contributed by atoms with Crippen molar-refractivity contribution in [3.8, 4) is 0 Å². The highest BCUT2D eigenvalue weighted by molar-refractivity contribution is 4.97. The van der Waals surface area contributed by atoms with E-state index in [9.17, 15) is 5.11 Å². The van der Waals surface area contributed by atoms with Gasteiger partial charge in [0.1, 0.15) is 24.4 Å². The largest absolute Gasteiger partial charge is 0.387 e. The first-order valence-electron chi connectivity index (χ1n) is 6.28. The Bertz CT molecular complexity index is 341. The Balaban J connectivity index is 1.68. The minimum Gasteiger partial charge on any atom is -0.387 e. The molecule has 0 aromatic rings. The highest BCUT2D eigenvalue weighted by Crippen LogP contribution is 2.40. The van der Waals surface area contributed by atoms with Crippen LogP contribution in [0, 0.1) is 0 Å². The van der Waals surface area contributed by atoms with Crippen molar-refractivity contribution in [3.63, 3.8) is 0 Å². The van der Waals surface area contributed by atoms with Gasteiger partial charge in [-0.3, -0.25) is 0 Å². The number of fused-ring (bicyclic) bond motifs is 1. The van der Waals surface area contributed by atoms with E-state index in [1.807, 2.05) is 13.8 Å². The summed E-state index contributed by atoms with van der Waals surface area (Å²) in [6, 6.07) is 0. The van der Waals surface area contributed by atoms with Crippen LogP contribution in [-0.2, 0) is 23.7 Å². The van der Waals surface area contributed by atoms with E-state index >= 15 is 0 Å². The SMILES string of the molecule is CC1(C)O[C@@H]2O[C@H]([C@@H]3COC(C)(C)O3)[C@H](O)[C@H]2O1. The van der Waals surface area contributed by atoms with E-state index in [4.69, 9.17) is 23.7 Å². The molecule has 5 atom stereocenters. The molecular weight excluding hydrogens is 240 g/mol. The van der Waals surface area contributed by atoms with Gasteiger partial charge in [-0.2, -0.15) is 0 Å². The first kappa shape index (κ1) is 12.8. The molecule has 1 N–H and O–H groups in total. The van der Waals surface area contributed by atoms with Gasteiger partial charge in [0.05, 0.1) is 6.61 Å². The third-order valence-corrected chi connectivity index (χ3v) is 3.45. The summed E-state index contributed by atoms with van der Waals surface area (Å²) in [6.07, 6.45) is -2.53. The van der Waals surface area contributed by atoms with Gasteiger partial charge in [0.25, 0.3) is 0 Å². The molecule has 0 amide bonds. The smallest absolute Gasteiger partial charge is 0.190 e. The van der Waals surface area contributed by atoms with E-state index in [0.717, 1.165) is 0 Å². The molecule has 6 heteroatoms. The number of aliphatic hydroxyl groups excluding tert-OH is 1. The zero-order chi connectivity index (χ0) is 13.1. The summed E-state index contributed by atoms with van der Waals surface area (Å²) in [5, 5.41) is 10.3. The average Bonchev–Trinajstić information content (AvgIpc) is 2.81. The molecule has 0 radical (unpaired) electrons. The van der Waals surface area contributed by atoms with Crippen molar-refractivity contribution in [2.45, 2.75) is 70.0 Å². The fraction of sp³-hybridized carbons (Fsp3) is 1.00. The van der Waals surface area contributed by atoms with Crippen molar-refractivity contribution in [3.05, 3.63) is 0 Å². The summed E-state index contributed by atoms with van der Waals surface area (Å²) in [7, 11) is 0. The maximum Gasteiger partial charge on any atom is 0.190 e. The number of hydrogen-bond acceptors (Lipinski definition) is 6. The molecule has 3 fully saturated rings. The first-order valence-corrected chi connectivity index (χ1v) is 6.28. The van der Waals surface area contributed by atoms with Gasteiger partial charge in [-0.05, 0) is 27.7 Å². The van der Waals surface area contributed by atoms with Gasteiger partial charge in [0, 0.05) is 0 Å². The van der Waals surface area contributed by atoms with Crippen LogP contribution in [0.2, 0.25) is 0 Å².